The summed E-state index contributed by atoms with van der Waals surface area (Å²) in [6.07, 6.45) is 0.946. The van der Waals surface area contributed by atoms with Crippen molar-refractivity contribution in [2.75, 3.05) is 11.9 Å². The quantitative estimate of drug-likeness (QED) is 0.874. The minimum Gasteiger partial charge on any atom is -0.384 e. The molecule has 0 amide bonds. The lowest BCUT2D eigenvalue weighted by atomic mass is 10.2. The van der Waals surface area contributed by atoms with Crippen molar-refractivity contribution in [3.05, 3.63) is 58.1 Å². The van der Waals surface area contributed by atoms with Gasteiger partial charge >= 0.3 is 0 Å². The first-order chi connectivity index (χ1) is 10.0. The summed E-state index contributed by atoms with van der Waals surface area (Å²) in [6, 6.07) is 12.8. The first kappa shape index (κ1) is 14.6. The van der Waals surface area contributed by atoms with Crippen molar-refractivity contribution in [1.82, 2.24) is 4.72 Å². The monoisotopic (exact) mass is 366 g/mol. The zero-order chi connectivity index (χ0) is 14.9. The first-order valence-corrected chi connectivity index (χ1v) is 8.93. The van der Waals surface area contributed by atoms with Gasteiger partial charge in [0.05, 0.1) is 4.90 Å². The Morgan fingerprint density at radius 1 is 1.14 bits per heavy atom. The van der Waals surface area contributed by atoms with E-state index in [1.54, 1.807) is 12.1 Å². The van der Waals surface area contributed by atoms with E-state index in [0.29, 0.717) is 4.90 Å². The Hall–Kier alpha value is -1.37. The number of sulfonamides is 1. The molecule has 21 heavy (non-hydrogen) atoms. The van der Waals surface area contributed by atoms with Gasteiger partial charge in [-0.1, -0.05) is 34.1 Å². The number of nitrogens with one attached hydrogen (secondary N) is 2. The molecule has 0 unspecified atom stereocenters. The molecule has 0 saturated carbocycles. The number of anilines is 1. The van der Waals surface area contributed by atoms with Crippen molar-refractivity contribution in [2.24, 2.45) is 0 Å². The summed E-state index contributed by atoms with van der Waals surface area (Å²) in [5.74, 6) is 0. The zero-order valence-corrected chi connectivity index (χ0v) is 13.7. The minimum atomic E-state index is -3.49. The smallest absolute Gasteiger partial charge is 0.240 e. The maximum absolute atomic E-state index is 12.3. The van der Waals surface area contributed by atoms with Crippen molar-refractivity contribution in [2.45, 2.75) is 17.9 Å². The predicted octanol–water partition coefficient (Wildman–Crippen LogP) is 2.90. The highest BCUT2D eigenvalue weighted by Gasteiger charge is 2.17. The zero-order valence-electron chi connectivity index (χ0n) is 11.3. The molecule has 0 atom stereocenters. The Labute approximate surface area is 132 Å². The highest BCUT2D eigenvalue weighted by Crippen LogP contribution is 2.25. The second-order valence-electron chi connectivity index (χ2n) is 4.95. The molecule has 0 fully saturated rings. The highest BCUT2D eigenvalue weighted by molar-refractivity contribution is 9.10. The average molecular weight is 367 g/mol. The van der Waals surface area contributed by atoms with Crippen LogP contribution in [0.3, 0.4) is 0 Å². The van der Waals surface area contributed by atoms with E-state index < -0.39 is 10.0 Å². The average Bonchev–Trinajstić information content (AvgIpc) is 2.94. The fourth-order valence-electron chi connectivity index (χ4n) is 2.30. The molecule has 2 aromatic carbocycles. The molecule has 110 valence electrons. The van der Waals surface area contributed by atoms with E-state index in [1.807, 2.05) is 30.3 Å². The molecule has 6 heteroatoms. The molecule has 0 spiro atoms. The third-order valence-corrected chi connectivity index (χ3v) is 5.41. The van der Waals surface area contributed by atoms with Crippen molar-refractivity contribution in [3.63, 3.8) is 0 Å². The Bertz CT molecular complexity index is 758. The largest absolute Gasteiger partial charge is 0.384 e. The van der Waals surface area contributed by atoms with Gasteiger partial charge in [0, 0.05) is 23.2 Å². The molecular weight excluding hydrogens is 352 g/mol. The van der Waals surface area contributed by atoms with Gasteiger partial charge in [0.2, 0.25) is 10.0 Å². The number of halogens is 1. The number of hydrogen-bond acceptors (Lipinski definition) is 3. The molecule has 2 aromatic rings. The SMILES string of the molecule is O=S(=O)(NCc1ccc(Br)cc1)c1ccc2c(c1)NCC2. The summed E-state index contributed by atoms with van der Waals surface area (Å²) < 4.78 is 28.3. The molecule has 4 nitrogen and oxygen atoms in total. The van der Waals surface area contributed by atoms with Crippen LogP contribution >= 0.6 is 15.9 Å². The van der Waals surface area contributed by atoms with Gasteiger partial charge in [0.25, 0.3) is 0 Å². The minimum absolute atomic E-state index is 0.278. The summed E-state index contributed by atoms with van der Waals surface area (Å²) in [6.45, 7) is 1.14. The number of rotatable bonds is 4. The van der Waals surface area contributed by atoms with E-state index in [9.17, 15) is 8.42 Å². The second kappa shape index (κ2) is 5.79. The molecule has 0 aromatic heterocycles. The molecule has 2 N–H and O–H groups in total. The van der Waals surface area contributed by atoms with E-state index in [2.05, 4.69) is 26.0 Å². The van der Waals surface area contributed by atoms with Gasteiger partial charge in [-0.25, -0.2) is 13.1 Å². The second-order valence-corrected chi connectivity index (χ2v) is 7.63. The van der Waals surface area contributed by atoms with Gasteiger partial charge in [0.1, 0.15) is 0 Å². The molecule has 1 heterocycles. The topological polar surface area (TPSA) is 58.2 Å². The standard InChI is InChI=1S/C15H15BrN2O2S/c16-13-4-1-11(2-5-13)10-18-21(19,20)14-6-3-12-7-8-17-15(12)9-14/h1-6,9,17-18H,7-8,10H2. The predicted molar refractivity (Wildman–Crippen MR) is 86.8 cm³/mol. The number of benzene rings is 2. The molecule has 0 saturated heterocycles. The summed E-state index contributed by atoms with van der Waals surface area (Å²) in [5.41, 5.74) is 3.00. The van der Waals surface area contributed by atoms with Crippen LogP contribution in [0.1, 0.15) is 11.1 Å². The third kappa shape index (κ3) is 3.28. The van der Waals surface area contributed by atoms with E-state index in [1.165, 1.54) is 5.56 Å². The highest BCUT2D eigenvalue weighted by atomic mass is 79.9. The fourth-order valence-corrected chi connectivity index (χ4v) is 3.61. The van der Waals surface area contributed by atoms with Crippen LogP contribution in [0.15, 0.2) is 51.8 Å². The van der Waals surface area contributed by atoms with Crippen LogP contribution in [-0.4, -0.2) is 15.0 Å². The number of hydrogen-bond donors (Lipinski definition) is 2. The molecule has 1 aliphatic rings. The van der Waals surface area contributed by atoms with E-state index in [4.69, 9.17) is 0 Å². The van der Waals surface area contributed by atoms with Crippen LogP contribution in [0.5, 0.6) is 0 Å². The Morgan fingerprint density at radius 2 is 1.90 bits per heavy atom. The maximum atomic E-state index is 12.3. The summed E-state index contributed by atoms with van der Waals surface area (Å²) in [5, 5.41) is 3.20. The Morgan fingerprint density at radius 3 is 2.67 bits per heavy atom. The van der Waals surface area contributed by atoms with Gasteiger partial charge in [-0.15, -0.1) is 0 Å². The van der Waals surface area contributed by atoms with Crippen LogP contribution in [0.25, 0.3) is 0 Å². The molecule has 1 aliphatic heterocycles. The lowest BCUT2D eigenvalue weighted by Crippen LogP contribution is -2.23. The van der Waals surface area contributed by atoms with Gasteiger partial charge in [0.15, 0.2) is 0 Å². The summed E-state index contributed by atoms with van der Waals surface area (Å²) in [7, 11) is -3.49. The van der Waals surface area contributed by atoms with Crippen LogP contribution in [0.4, 0.5) is 5.69 Å². The van der Waals surface area contributed by atoms with Gasteiger partial charge in [-0.05, 0) is 41.8 Å². The summed E-state index contributed by atoms with van der Waals surface area (Å²) in [4.78, 5) is 0.299. The van der Waals surface area contributed by atoms with Gasteiger partial charge in [-0.3, -0.25) is 0 Å². The molecule has 0 bridgehead atoms. The van der Waals surface area contributed by atoms with Crippen molar-refractivity contribution >= 4 is 31.6 Å². The first-order valence-electron chi connectivity index (χ1n) is 6.65. The molecule has 3 rings (SSSR count). The lowest BCUT2D eigenvalue weighted by Gasteiger charge is -2.09. The Balaban J connectivity index is 1.76. The normalized spacial score (nSPS) is 13.8. The summed E-state index contributed by atoms with van der Waals surface area (Å²) >= 11 is 3.36. The van der Waals surface area contributed by atoms with Crippen molar-refractivity contribution < 1.29 is 8.42 Å². The third-order valence-electron chi connectivity index (χ3n) is 3.48. The van der Waals surface area contributed by atoms with Crippen molar-refractivity contribution in [3.8, 4) is 0 Å². The van der Waals surface area contributed by atoms with E-state index >= 15 is 0 Å². The lowest BCUT2D eigenvalue weighted by molar-refractivity contribution is 0.581. The van der Waals surface area contributed by atoms with Crippen LogP contribution in [0, 0.1) is 0 Å². The van der Waals surface area contributed by atoms with Crippen LogP contribution < -0.4 is 10.0 Å². The molecular formula is C15H15BrN2O2S. The van der Waals surface area contributed by atoms with Crippen molar-refractivity contribution in [1.29, 1.82) is 0 Å². The fraction of sp³-hybridized carbons (Fsp3) is 0.200. The van der Waals surface area contributed by atoms with Crippen LogP contribution in [-0.2, 0) is 23.0 Å². The van der Waals surface area contributed by atoms with E-state index in [0.717, 1.165) is 28.7 Å². The van der Waals surface area contributed by atoms with Gasteiger partial charge in [-0.2, -0.15) is 0 Å². The number of fused-ring (bicyclic) bond motifs is 1. The maximum Gasteiger partial charge on any atom is 0.240 e. The van der Waals surface area contributed by atoms with Crippen LogP contribution in [0.2, 0.25) is 0 Å². The molecule has 0 radical (unpaired) electrons. The van der Waals surface area contributed by atoms with Gasteiger partial charge < -0.3 is 5.32 Å². The van der Waals surface area contributed by atoms with E-state index in [-0.39, 0.29) is 6.54 Å². The Kier molecular flexibility index (Phi) is 4.01. The molecule has 0 aliphatic carbocycles.